The van der Waals surface area contributed by atoms with E-state index in [-0.39, 0.29) is 23.5 Å². The minimum Gasteiger partial charge on any atom is -0.494 e. The lowest BCUT2D eigenvalue weighted by Gasteiger charge is -2.11. The molecule has 0 unspecified atom stereocenters. The summed E-state index contributed by atoms with van der Waals surface area (Å²) in [5.41, 5.74) is 1.15. The van der Waals surface area contributed by atoms with Gasteiger partial charge in [-0.1, -0.05) is 12.1 Å². The van der Waals surface area contributed by atoms with E-state index < -0.39 is 9.84 Å². The van der Waals surface area contributed by atoms with E-state index in [0.717, 1.165) is 11.3 Å². The first-order valence-electron chi connectivity index (χ1n) is 7.86. The Morgan fingerprint density at radius 3 is 2.87 bits per heavy atom. The predicted octanol–water partition coefficient (Wildman–Crippen LogP) is 1.50. The Bertz CT molecular complexity index is 631. The molecule has 7 heteroatoms. The zero-order valence-corrected chi connectivity index (χ0v) is 14.2. The van der Waals surface area contributed by atoms with Crippen molar-refractivity contribution in [3.05, 3.63) is 29.8 Å². The van der Waals surface area contributed by atoms with Crippen LogP contribution in [0.25, 0.3) is 0 Å². The van der Waals surface area contributed by atoms with Crippen molar-refractivity contribution in [2.75, 3.05) is 31.2 Å². The third-order valence-electron chi connectivity index (χ3n) is 3.74. The highest BCUT2D eigenvalue weighted by Gasteiger charge is 2.27. The molecule has 0 saturated carbocycles. The summed E-state index contributed by atoms with van der Waals surface area (Å²) >= 11 is 0. The van der Waals surface area contributed by atoms with Gasteiger partial charge in [0.05, 0.1) is 18.1 Å². The lowest BCUT2D eigenvalue weighted by molar-refractivity contribution is 0.237. The second kappa shape index (κ2) is 8.19. The molecule has 2 amide bonds. The third kappa shape index (κ3) is 6.48. The molecule has 1 atom stereocenters. The van der Waals surface area contributed by atoms with E-state index in [9.17, 15) is 13.2 Å². The standard InChI is InChI=1S/C16H24N2O4S/c1-13-4-2-5-15(10-13)22-8-3-7-17-16(19)18-11-14-6-9-23(20,21)12-14/h2,4-5,10,14H,3,6-9,11-12H2,1H3,(H2,17,18,19)/t14-/m0/s1. The van der Waals surface area contributed by atoms with Crippen molar-refractivity contribution in [1.82, 2.24) is 10.6 Å². The molecular weight excluding hydrogens is 316 g/mol. The molecule has 0 aromatic heterocycles. The summed E-state index contributed by atoms with van der Waals surface area (Å²) < 4.78 is 28.2. The zero-order valence-electron chi connectivity index (χ0n) is 13.4. The Hall–Kier alpha value is -1.76. The fourth-order valence-corrected chi connectivity index (χ4v) is 4.36. The average molecular weight is 340 g/mol. The number of rotatable bonds is 7. The van der Waals surface area contributed by atoms with Crippen LogP contribution < -0.4 is 15.4 Å². The van der Waals surface area contributed by atoms with Gasteiger partial charge in [-0.3, -0.25) is 0 Å². The van der Waals surface area contributed by atoms with Crippen LogP contribution in [0.2, 0.25) is 0 Å². The van der Waals surface area contributed by atoms with E-state index in [1.807, 2.05) is 31.2 Å². The van der Waals surface area contributed by atoms with Crippen LogP contribution >= 0.6 is 0 Å². The molecule has 1 heterocycles. The molecule has 0 bridgehead atoms. The molecule has 128 valence electrons. The topological polar surface area (TPSA) is 84.5 Å². The Morgan fingerprint density at radius 2 is 2.17 bits per heavy atom. The largest absolute Gasteiger partial charge is 0.494 e. The van der Waals surface area contributed by atoms with Crippen molar-refractivity contribution in [1.29, 1.82) is 0 Å². The van der Waals surface area contributed by atoms with Gasteiger partial charge in [0.15, 0.2) is 9.84 Å². The highest BCUT2D eigenvalue weighted by Crippen LogP contribution is 2.17. The molecule has 0 radical (unpaired) electrons. The third-order valence-corrected chi connectivity index (χ3v) is 5.58. The maximum Gasteiger partial charge on any atom is 0.314 e. The molecule has 0 aliphatic carbocycles. The highest BCUT2D eigenvalue weighted by atomic mass is 32.2. The average Bonchev–Trinajstić information content (AvgIpc) is 2.84. The smallest absolute Gasteiger partial charge is 0.314 e. The number of carbonyl (C=O) groups is 1. The fourth-order valence-electron chi connectivity index (χ4n) is 2.50. The summed E-state index contributed by atoms with van der Waals surface area (Å²) in [6, 6.07) is 7.57. The van der Waals surface area contributed by atoms with E-state index in [2.05, 4.69) is 10.6 Å². The quantitative estimate of drug-likeness (QED) is 0.737. The molecule has 2 N–H and O–H groups in total. The molecule has 1 aromatic carbocycles. The molecule has 0 spiro atoms. The highest BCUT2D eigenvalue weighted by molar-refractivity contribution is 7.91. The van der Waals surface area contributed by atoms with Crippen LogP contribution in [0.5, 0.6) is 5.75 Å². The second-order valence-electron chi connectivity index (χ2n) is 5.92. The maximum absolute atomic E-state index is 11.6. The number of ether oxygens (including phenoxy) is 1. The van der Waals surface area contributed by atoms with Crippen molar-refractivity contribution < 1.29 is 17.9 Å². The minimum atomic E-state index is -2.89. The summed E-state index contributed by atoms with van der Waals surface area (Å²) in [6.45, 7) is 3.46. The van der Waals surface area contributed by atoms with Gasteiger partial charge in [-0.25, -0.2) is 13.2 Å². The van der Waals surface area contributed by atoms with E-state index in [0.29, 0.717) is 32.5 Å². The first-order chi connectivity index (χ1) is 10.9. The zero-order chi connectivity index (χ0) is 16.7. The van der Waals surface area contributed by atoms with E-state index in [1.54, 1.807) is 0 Å². The van der Waals surface area contributed by atoms with Crippen LogP contribution in [0.1, 0.15) is 18.4 Å². The summed E-state index contributed by atoms with van der Waals surface area (Å²) in [5.74, 6) is 1.28. The number of amides is 2. The number of hydrogen-bond donors (Lipinski definition) is 2. The van der Waals surface area contributed by atoms with Crippen molar-refractivity contribution in [2.45, 2.75) is 19.8 Å². The molecule has 1 aliphatic rings. The Morgan fingerprint density at radius 1 is 1.35 bits per heavy atom. The van der Waals surface area contributed by atoms with Gasteiger partial charge in [0.25, 0.3) is 0 Å². The first-order valence-corrected chi connectivity index (χ1v) is 9.68. The van der Waals surface area contributed by atoms with Crippen LogP contribution in [-0.2, 0) is 9.84 Å². The molecular formula is C16H24N2O4S. The van der Waals surface area contributed by atoms with Crippen molar-refractivity contribution in [3.63, 3.8) is 0 Å². The van der Waals surface area contributed by atoms with Crippen molar-refractivity contribution in [2.24, 2.45) is 5.92 Å². The van der Waals surface area contributed by atoms with E-state index >= 15 is 0 Å². The summed E-state index contributed by atoms with van der Waals surface area (Å²) in [6.07, 6.45) is 1.34. The van der Waals surface area contributed by atoms with Crippen molar-refractivity contribution >= 4 is 15.9 Å². The van der Waals surface area contributed by atoms with Gasteiger partial charge in [0, 0.05) is 13.1 Å². The number of carbonyl (C=O) groups excluding carboxylic acids is 1. The lowest BCUT2D eigenvalue weighted by Crippen LogP contribution is -2.39. The van der Waals surface area contributed by atoms with Gasteiger partial charge in [-0.15, -0.1) is 0 Å². The number of benzene rings is 1. The van der Waals surface area contributed by atoms with Crippen LogP contribution in [0.15, 0.2) is 24.3 Å². The van der Waals surface area contributed by atoms with Crippen molar-refractivity contribution in [3.8, 4) is 5.75 Å². The monoisotopic (exact) mass is 340 g/mol. The number of aryl methyl sites for hydroxylation is 1. The first kappa shape index (κ1) is 17.6. The van der Waals surface area contributed by atoms with Gasteiger partial charge in [0.1, 0.15) is 5.75 Å². The van der Waals surface area contributed by atoms with Crippen LogP contribution in [0.3, 0.4) is 0 Å². The van der Waals surface area contributed by atoms with Gasteiger partial charge < -0.3 is 15.4 Å². The van der Waals surface area contributed by atoms with E-state index in [1.165, 1.54) is 0 Å². The number of hydrogen-bond acceptors (Lipinski definition) is 4. The number of nitrogens with one attached hydrogen (secondary N) is 2. The Kier molecular flexibility index (Phi) is 6.27. The van der Waals surface area contributed by atoms with Gasteiger partial charge in [-0.2, -0.15) is 0 Å². The Balaban J connectivity index is 1.53. The van der Waals surface area contributed by atoms with E-state index in [4.69, 9.17) is 4.74 Å². The molecule has 1 aromatic rings. The summed E-state index contributed by atoms with van der Waals surface area (Å²) in [4.78, 5) is 11.6. The normalized spacial score (nSPS) is 19.3. The van der Waals surface area contributed by atoms with Crippen LogP contribution in [0.4, 0.5) is 4.79 Å². The molecule has 6 nitrogen and oxygen atoms in total. The van der Waals surface area contributed by atoms with Gasteiger partial charge in [-0.05, 0) is 43.4 Å². The molecule has 1 fully saturated rings. The number of sulfone groups is 1. The second-order valence-corrected chi connectivity index (χ2v) is 8.15. The Labute approximate surface area is 137 Å². The molecule has 23 heavy (non-hydrogen) atoms. The predicted molar refractivity (Wildman–Crippen MR) is 89.5 cm³/mol. The lowest BCUT2D eigenvalue weighted by atomic mass is 10.1. The number of urea groups is 1. The van der Waals surface area contributed by atoms with Gasteiger partial charge in [0.2, 0.25) is 0 Å². The van der Waals surface area contributed by atoms with Crippen LogP contribution in [-0.4, -0.2) is 45.7 Å². The maximum atomic E-state index is 11.6. The van der Waals surface area contributed by atoms with Crippen LogP contribution in [0, 0.1) is 12.8 Å². The van der Waals surface area contributed by atoms with Gasteiger partial charge >= 0.3 is 6.03 Å². The fraction of sp³-hybridized carbons (Fsp3) is 0.562. The summed E-state index contributed by atoms with van der Waals surface area (Å²) in [7, 11) is -2.89. The SMILES string of the molecule is Cc1cccc(OCCCNC(=O)NC[C@@H]2CCS(=O)(=O)C2)c1. The molecule has 1 aliphatic heterocycles. The molecule has 2 rings (SSSR count). The minimum absolute atomic E-state index is 0.0374. The molecule has 1 saturated heterocycles. The summed E-state index contributed by atoms with van der Waals surface area (Å²) in [5, 5.41) is 5.47.